The first-order valence-electron chi connectivity index (χ1n) is 7.66. The van der Waals surface area contributed by atoms with Crippen molar-refractivity contribution in [3.8, 4) is 0 Å². The van der Waals surface area contributed by atoms with Crippen LogP contribution in [-0.2, 0) is 11.2 Å². The third-order valence-electron chi connectivity index (χ3n) is 3.97. The largest absolute Gasteiger partial charge is 0.381 e. The SMILES string of the molecule is CCCOCCc1c2ccccc2n2c(C)ncc(C)c12. The Labute approximate surface area is 125 Å². The summed E-state index contributed by atoms with van der Waals surface area (Å²) >= 11 is 0. The Balaban J connectivity index is 2.17. The van der Waals surface area contributed by atoms with Crippen LogP contribution in [0.3, 0.4) is 0 Å². The van der Waals surface area contributed by atoms with Gasteiger partial charge in [-0.2, -0.15) is 0 Å². The Morgan fingerprint density at radius 3 is 2.76 bits per heavy atom. The molecule has 0 radical (unpaired) electrons. The summed E-state index contributed by atoms with van der Waals surface area (Å²) in [4.78, 5) is 4.51. The molecule has 0 atom stereocenters. The van der Waals surface area contributed by atoms with Crippen LogP contribution in [0.5, 0.6) is 0 Å². The third kappa shape index (κ3) is 2.42. The van der Waals surface area contributed by atoms with E-state index in [0.29, 0.717) is 0 Å². The molecule has 3 rings (SSSR count). The summed E-state index contributed by atoms with van der Waals surface area (Å²) in [6.45, 7) is 7.96. The van der Waals surface area contributed by atoms with E-state index in [-0.39, 0.29) is 0 Å². The maximum absolute atomic E-state index is 5.70. The standard InChI is InChI=1S/C18H22N2O/c1-4-10-21-11-9-16-15-7-5-6-8-17(15)20-14(3)19-12-13(2)18(16)20/h5-8,12H,4,9-11H2,1-3H3. The molecule has 0 saturated carbocycles. The van der Waals surface area contributed by atoms with Crippen LogP contribution in [0.15, 0.2) is 30.5 Å². The summed E-state index contributed by atoms with van der Waals surface area (Å²) in [6.07, 6.45) is 3.99. The van der Waals surface area contributed by atoms with Crippen molar-refractivity contribution in [2.24, 2.45) is 0 Å². The van der Waals surface area contributed by atoms with E-state index in [4.69, 9.17) is 4.74 Å². The van der Waals surface area contributed by atoms with E-state index in [1.807, 2.05) is 6.20 Å². The molecule has 0 bridgehead atoms. The van der Waals surface area contributed by atoms with Gasteiger partial charge in [0.1, 0.15) is 5.82 Å². The number of aryl methyl sites for hydroxylation is 2. The highest BCUT2D eigenvalue weighted by molar-refractivity contribution is 5.93. The molecule has 0 fully saturated rings. The molecule has 0 amide bonds. The Morgan fingerprint density at radius 1 is 1.14 bits per heavy atom. The summed E-state index contributed by atoms with van der Waals surface area (Å²) in [6, 6.07) is 8.58. The first kappa shape index (κ1) is 14.1. The molecule has 110 valence electrons. The molecule has 3 heteroatoms. The van der Waals surface area contributed by atoms with Crippen molar-refractivity contribution < 1.29 is 4.74 Å². The van der Waals surface area contributed by atoms with Gasteiger partial charge in [-0.05, 0) is 43.9 Å². The zero-order valence-electron chi connectivity index (χ0n) is 13.0. The van der Waals surface area contributed by atoms with Crippen LogP contribution < -0.4 is 0 Å². The van der Waals surface area contributed by atoms with Gasteiger partial charge in [-0.15, -0.1) is 0 Å². The number of para-hydroxylation sites is 1. The van der Waals surface area contributed by atoms with E-state index >= 15 is 0 Å². The molecule has 3 aromatic rings. The van der Waals surface area contributed by atoms with Gasteiger partial charge in [0.15, 0.2) is 0 Å². The number of benzene rings is 1. The summed E-state index contributed by atoms with van der Waals surface area (Å²) in [5, 5.41) is 1.32. The van der Waals surface area contributed by atoms with E-state index < -0.39 is 0 Å². The van der Waals surface area contributed by atoms with E-state index in [0.717, 1.165) is 31.9 Å². The van der Waals surface area contributed by atoms with Gasteiger partial charge in [0.2, 0.25) is 0 Å². The van der Waals surface area contributed by atoms with Gasteiger partial charge in [-0.3, -0.25) is 4.40 Å². The van der Waals surface area contributed by atoms with Crippen LogP contribution >= 0.6 is 0 Å². The minimum atomic E-state index is 0.776. The molecule has 2 heterocycles. The van der Waals surface area contributed by atoms with Gasteiger partial charge in [-0.1, -0.05) is 25.1 Å². The van der Waals surface area contributed by atoms with Gasteiger partial charge < -0.3 is 4.74 Å². The van der Waals surface area contributed by atoms with Crippen molar-refractivity contribution in [2.75, 3.05) is 13.2 Å². The molecule has 0 N–H and O–H groups in total. The normalized spacial score (nSPS) is 11.6. The molecule has 2 aromatic heterocycles. The van der Waals surface area contributed by atoms with Gasteiger partial charge in [0.25, 0.3) is 0 Å². The lowest BCUT2D eigenvalue weighted by molar-refractivity contribution is 0.138. The maximum Gasteiger partial charge on any atom is 0.110 e. The zero-order valence-corrected chi connectivity index (χ0v) is 13.0. The predicted octanol–water partition coefficient (Wildman–Crippen LogP) is 4.07. The summed E-state index contributed by atoms with van der Waals surface area (Å²) in [5.74, 6) is 1.03. The van der Waals surface area contributed by atoms with Crippen molar-refractivity contribution in [1.82, 2.24) is 9.38 Å². The van der Waals surface area contributed by atoms with Crippen molar-refractivity contribution in [3.05, 3.63) is 47.4 Å². The van der Waals surface area contributed by atoms with Gasteiger partial charge in [0.05, 0.1) is 17.6 Å². The first-order chi connectivity index (χ1) is 10.2. The highest BCUT2D eigenvalue weighted by Gasteiger charge is 2.14. The second-order valence-corrected chi connectivity index (χ2v) is 5.53. The van der Waals surface area contributed by atoms with E-state index in [1.54, 1.807) is 0 Å². The molecule has 0 aliphatic carbocycles. The summed E-state index contributed by atoms with van der Waals surface area (Å²) < 4.78 is 7.98. The van der Waals surface area contributed by atoms with Gasteiger partial charge >= 0.3 is 0 Å². The van der Waals surface area contributed by atoms with Crippen molar-refractivity contribution >= 4 is 16.4 Å². The molecular formula is C18H22N2O. The number of aromatic nitrogens is 2. The van der Waals surface area contributed by atoms with Crippen molar-refractivity contribution in [3.63, 3.8) is 0 Å². The quantitative estimate of drug-likeness (QED) is 0.659. The number of ether oxygens (including phenoxy) is 1. The summed E-state index contributed by atoms with van der Waals surface area (Å²) in [5.41, 5.74) is 5.14. The van der Waals surface area contributed by atoms with Crippen LogP contribution in [-0.4, -0.2) is 22.6 Å². The van der Waals surface area contributed by atoms with Crippen LogP contribution in [0.2, 0.25) is 0 Å². The van der Waals surface area contributed by atoms with Gasteiger partial charge in [-0.25, -0.2) is 4.98 Å². The molecule has 21 heavy (non-hydrogen) atoms. The lowest BCUT2D eigenvalue weighted by Crippen LogP contribution is -2.01. The minimum absolute atomic E-state index is 0.776. The lowest BCUT2D eigenvalue weighted by Gasteiger charge is -2.07. The predicted molar refractivity (Wildman–Crippen MR) is 87.0 cm³/mol. The average Bonchev–Trinajstić information content (AvgIpc) is 2.84. The number of fused-ring (bicyclic) bond motifs is 3. The number of hydrogen-bond donors (Lipinski definition) is 0. The average molecular weight is 282 g/mol. The van der Waals surface area contributed by atoms with E-state index in [2.05, 4.69) is 54.4 Å². The second-order valence-electron chi connectivity index (χ2n) is 5.53. The highest BCUT2D eigenvalue weighted by atomic mass is 16.5. The Kier molecular flexibility index (Phi) is 3.93. The molecule has 0 unspecified atom stereocenters. The Morgan fingerprint density at radius 2 is 1.95 bits per heavy atom. The van der Waals surface area contributed by atoms with E-state index in [9.17, 15) is 0 Å². The fourth-order valence-corrected chi connectivity index (χ4v) is 3.04. The Bertz CT molecular complexity index is 774. The number of nitrogens with zero attached hydrogens (tertiary/aromatic N) is 2. The maximum atomic E-state index is 5.70. The Hall–Kier alpha value is -1.87. The van der Waals surface area contributed by atoms with Crippen molar-refractivity contribution in [1.29, 1.82) is 0 Å². The molecule has 1 aromatic carbocycles. The topological polar surface area (TPSA) is 26.5 Å². The smallest absolute Gasteiger partial charge is 0.110 e. The lowest BCUT2D eigenvalue weighted by atomic mass is 10.1. The zero-order chi connectivity index (χ0) is 14.8. The third-order valence-corrected chi connectivity index (χ3v) is 3.97. The number of rotatable bonds is 5. The van der Waals surface area contributed by atoms with Crippen LogP contribution in [0.25, 0.3) is 16.4 Å². The number of hydrogen-bond acceptors (Lipinski definition) is 2. The molecular weight excluding hydrogens is 260 g/mol. The minimum Gasteiger partial charge on any atom is -0.381 e. The monoisotopic (exact) mass is 282 g/mol. The van der Waals surface area contributed by atoms with Gasteiger partial charge in [0, 0.05) is 18.2 Å². The fraction of sp³-hybridized carbons (Fsp3) is 0.389. The molecule has 0 saturated heterocycles. The first-order valence-corrected chi connectivity index (χ1v) is 7.66. The molecule has 0 spiro atoms. The van der Waals surface area contributed by atoms with Crippen LogP contribution in [0.1, 0.15) is 30.3 Å². The van der Waals surface area contributed by atoms with Crippen molar-refractivity contribution in [2.45, 2.75) is 33.6 Å². The molecule has 3 nitrogen and oxygen atoms in total. The van der Waals surface area contributed by atoms with E-state index in [1.165, 1.54) is 27.5 Å². The second kappa shape index (κ2) is 5.86. The van der Waals surface area contributed by atoms with Crippen LogP contribution in [0.4, 0.5) is 0 Å². The highest BCUT2D eigenvalue weighted by Crippen LogP contribution is 2.29. The van der Waals surface area contributed by atoms with Crippen LogP contribution in [0, 0.1) is 13.8 Å². The molecule has 0 aliphatic rings. The fourth-order valence-electron chi connectivity index (χ4n) is 3.04. The summed E-state index contributed by atoms with van der Waals surface area (Å²) in [7, 11) is 0. The molecule has 0 aliphatic heterocycles.